The minimum absolute atomic E-state index is 0.140. The molecule has 0 aliphatic carbocycles. The molecule has 0 saturated heterocycles. The van der Waals surface area contributed by atoms with Gasteiger partial charge in [-0.2, -0.15) is 0 Å². The second kappa shape index (κ2) is 6.55. The SMILES string of the molecule is Cc1ccc(S(=O)(=O)N(c2cccc(C)c2C)[C@@H]2C=CS(=O)(=O)C2)cc1. The van der Waals surface area contributed by atoms with Crippen LogP contribution in [0.4, 0.5) is 5.69 Å². The lowest BCUT2D eigenvalue weighted by Gasteiger charge is -2.30. The molecule has 0 saturated carbocycles. The summed E-state index contributed by atoms with van der Waals surface area (Å²) < 4.78 is 51.9. The largest absolute Gasteiger partial charge is 0.264 e. The third kappa shape index (κ3) is 3.41. The monoisotopic (exact) mass is 391 g/mol. The number of benzene rings is 2. The number of anilines is 1. The summed E-state index contributed by atoms with van der Waals surface area (Å²) >= 11 is 0. The van der Waals surface area contributed by atoms with E-state index < -0.39 is 25.9 Å². The molecule has 138 valence electrons. The summed E-state index contributed by atoms with van der Waals surface area (Å²) in [5.74, 6) is -0.258. The number of aryl methyl sites for hydroxylation is 2. The van der Waals surface area contributed by atoms with Crippen molar-refractivity contribution in [2.75, 3.05) is 10.1 Å². The molecule has 26 heavy (non-hydrogen) atoms. The molecule has 1 aliphatic heterocycles. The lowest BCUT2D eigenvalue weighted by molar-refractivity contribution is 0.586. The maximum absolute atomic E-state index is 13.4. The van der Waals surface area contributed by atoms with Crippen LogP contribution in [0.3, 0.4) is 0 Å². The molecule has 1 heterocycles. The van der Waals surface area contributed by atoms with Crippen LogP contribution in [0.1, 0.15) is 16.7 Å². The van der Waals surface area contributed by atoms with Gasteiger partial charge in [-0.25, -0.2) is 16.8 Å². The van der Waals surface area contributed by atoms with E-state index in [1.807, 2.05) is 26.8 Å². The minimum atomic E-state index is -3.93. The Labute approximate surface area is 154 Å². The number of sulfone groups is 1. The minimum Gasteiger partial charge on any atom is -0.258 e. The van der Waals surface area contributed by atoms with Crippen LogP contribution < -0.4 is 4.31 Å². The topological polar surface area (TPSA) is 71.5 Å². The maximum atomic E-state index is 13.4. The number of nitrogens with zero attached hydrogens (tertiary/aromatic N) is 1. The van der Waals surface area contributed by atoms with Crippen LogP contribution in [-0.4, -0.2) is 28.6 Å². The fourth-order valence-electron chi connectivity index (χ4n) is 2.99. The van der Waals surface area contributed by atoms with E-state index in [-0.39, 0.29) is 10.6 Å². The van der Waals surface area contributed by atoms with Gasteiger partial charge in [-0.15, -0.1) is 0 Å². The highest BCUT2D eigenvalue weighted by atomic mass is 32.2. The van der Waals surface area contributed by atoms with Gasteiger partial charge in [-0.1, -0.05) is 29.8 Å². The average Bonchev–Trinajstić information content (AvgIpc) is 2.91. The molecule has 0 aromatic heterocycles. The molecule has 0 N–H and O–H groups in total. The smallest absolute Gasteiger partial charge is 0.258 e. The molecule has 0 bridgehead atoms. The number of hydrogen-bond acceptors (Lipinski definition) is 4. The summed E-state index contributed by atoms with van der Waals surface area (Å²) in [7, 11) is -7.33. The molecule has 2 aromatic rings. The highest BCUT2D eigenvalue weighted by molar-refractivity contribution is 7.95. The summed E-state index contributed by atoms with van der Waals surface area (Å²) in [5, 5.41) is 1.10. The van der Waals surface area contributed by atoms with Gasteiger partial charge in [0, 0.05) is 5.41 Å². The standard InChI is InChI=1S/C19H21NO4S2/c1-14-7-9-18(10-8-14)26(23,24)20(17-11-12-25(21,22)13-17)19-6-4-5-15(2)16(19)3/h4-12,17H,13H2,1-3H3/t17-/m1/s1. The molecular formula is C19H21NO4S2. The number of rotatable bonds is 4. The summed E-state index contributed by atoms with van der Waals surface area (Å²) in [4.78, 5) is 0.140. The van der Waals surface area contributed by atoms with Crippen LogP contribution in [0.5, 0.6) is 0 Å². The van der Waals surface area contributed by atoms with Gasteiger partial charge in [0.1, 0.15) is 0 Å². The molecule has 1 atom stereocenters. The highest BCUT2D eigenvalue weighted by Crippen LogP contribution is 2.33. The van der Waals surface area contributed by atoms with E-state index in [0.29, 0.717) is 5.69 Å². The fourth-order valence-corrected chi connectivity index (χ4v) is 6.02. The Morgan fingerprint density at radius 1 is 1.00 bits per heavy atom. The Balaban J connectivity index is 2.19. The van der Waals surface area contributed by atoms with Crippen molar-refractivity contribution < 1.29 is 16.8 Å². The van der Waals surface area contributed by atoms with Crippen molar-refractivity contribution >= 4 is 25.5 Å². The van der Waals surface area contributed by atoms with Crippen LogP contribution in [0, 0.1) is 20.8 Å². The Bertz CT molecular complexity index is 1070. The first-order valence-corrected chi connectivity index (χ1v) is 11.4. The van der Waals surface area contributed by atoms with Gasteiger partial charge < -0.3 is 0 Å². The van der Waals surface area contributed by atoms with Crippen molar-refractivity contribution in [3.8, 4) is 0 Å². The van der Waals surface area contributed by atoms with Crippen molar-refractivity contribution in [1.82, 2.24) is 0 Å². The summed E-state index contributed by atoms with van der Waals surface area (Å²) in [6.45, 7) is 5.62. The second-order valence-corrected chi connectivity index (χ2v) is 10.3. The normalized spacial score (nSPS) is 18.8. The lowest BCUT2D eigenvalue weighted by atomic mass is 10.1. The Morgan fingerprint density at radius 2 is 1.65 bits per heavy atom. The van der Waals surface area contributed by atoms with E-state index in [1.54, 1.807) is 36.4 Å². The van der Waals surface area contributed by atoms with Crippen LogP contribution in [0.15, 0.2) is 58.8 Å². The van der Waals surface area contributed by atoms with E-state index in [9.17, 15) is 16.8 Å². The highest BCUT2D eigenvalue weighted by Gasteiger charge is 2.36. The first kappa shape index (κ1) is 18.7. The molecule has 2 aromatic carbocycles. The van der Waals surface area contributed by atoms with Gasteiger partial charge >= 0.3 is 0 Å². The molecular weight excluding hydrogens is 370 g/mol. The fraction of sp³-hybridized carbons (Fsp3) is 0.263. The number of hydrogen-bond donors (Lipinski definition) is 0. The van der Waals surface area contributed by atoms with Crippen LogP contribution >= 0.6 is 0 Å². The Morgan fingerprint density at radius 3 is 2.23 bits per heavy atom. The van der Waals surface area contributed by atoms with Crippen LogP contribution in [0.2, 0.25) is 0 Å². The molecule has 1 aliphatic rings. The third-order valence-corrected chi connectivity index (χ3v) is 7.83. The Hall–Kier alpha value is -2.12. The Kier molecular flexibility index (Phi) is 4.71. The van der Waals surface area contributed by atoms with Crippen molar-refractivity contribution in [2.24, 2.45) is 0 Å². The first-order chi connectivity index (χ1) is 12.1. The quantitative estimate of drug-likeness (QED) is 0.803. The lowest BCUT2D eigenvalue weighted by Crippen LogP contribution is -2.41. The average molecular weight is 392 g/mol. The maximum Gasteiger partial charge on any atom is 0.264 e. The number of sulfonamides is 1. The molecule has 5 nitrogen and oxygen atoms in total. The van der Waals surface area contributed by atoms with Gasteiger partial charge in [-0.3, -0.25) is 4.31 Å². The predicted octanol–water partition coefficient (Wildman–Crippen LogP) is 3.12. The molecule has 0 unspecified atom stereocenters. The van der Waals surface area contributed by atoms with Crippen molar-refractivity contribution in [1.29, 1.82) is 0 Å². The first-order valence-electron chi connectivity index (χ1n) is 8.20. The van der Waals surface area contributed by atoms with E-state index in [0.717, 1.165) is 22.1 Å². The van der Waals surface area contributed by atoms with Gasteiger partial charge in [0.25, 0.3) is 10.0 Å². The molecule has 0 spiro atoms. The van der Waals surface area contributed by atoms with E-state index in [4.69, 9.17) is 0 Å². The predicted molar refractivity (Wildman–Crippen MR) is 103 cm³/mol. The van der Waals surface area contributed by atoms with Crippen molar-refractivity contribution in [3.05, 3.63) is 70.6 Å². The summed E-state index contributed by atoms with van der Waals surface area (Å²) in [6.07, 6.45) is 1.45. The van der Waals surface area contributed by atoms with Crippen molar-refractivity contribution in [3.63, 3.8) is 0 Å². The zero-order chi connectivity index (χ0) is 19.1. The molecule has 0 amide bonds. The second-order valence-electron chi connectivity index (χ2n) is 6.56. The summed E-state index contributed by atoms with van der Waals surface area (Å²) in [5.41, 5.74) is 3.19. The molecule has 3 rings (SSSR count). The van der Waals surface area contributed by atoms with Gasteiger partial charge in [0.15, 0.2) is 9.84 Å². The van der Waals surface area contributed by atoms with Crippen LogP contribution in [-0.2, 0) is 19.9 Å². The summed E-state index contributed by atoms with van der Waals surface area (Å²) in [6, 6.07) is 11.2. The van der Waals surface area contributed by atoms with Crippen molar-refractivity contribution in [2.45, 2.75) is 31.7 Å². The third-order valence-electron chi connectivity index (χ3n) is 4.60. The van der Waals surface area contributed by atoms with Gasteiger partial charge in [0.05, 0.1) is 22.4 Å². The molecule has 0 fully saturated rings. The van der Waals surface area contributed by atoms with E-state index in [1.165, 1.54) is 10.4 Å². The van der Waals surface area contributed by atoms with Crippen LogP contribution in [0.25, 0.3) is 0 Å². The molecule has 7 heteroatoms. The zero-order valence-corrected chi connectivity index (χ0v) is 16.5. The van der Waals surface area contributed by atoms with Gasteiger partial charge in [-0.05, 0) is 56.2 Å². The zero-order valence-electron chi connectivity index (χ0n) is 14.9. The van der Waals surface area contributed by atoms with Gasteiger partial charge in [0.2, 0.25) is 0 Å². The van der Waals surface area contributed by atoms with E-state index in [2.05, 4.69) is 0 Å². The van der Waals surface area contributed by atoms with E-state index >= 15 is 0 Å². The molecule has 0 radical (unpaired) electrons.